The summed E-state index contributed by atoms with van der Waals surface area (Å²) in [5, 5.41) is 3.95. The topological polar surface area (TPSA) is 71.2 Å². The Balaban J connectivity index is 1.73. The van der Waals surface area contributed by atoms with Crippen LogP contribution in [0.4, 0.5) is 5.69 Å². The molecule has 0 bridgehead atoms. The molecule has 2 aromatic carbocycles. The van der Waals surface area contributed by atoms with Gasteiger partial charge < -0.3 is 15.0 Å². The molecule has 1 amide bonds. The van der Waals surface area contributed by atoms with Gasteiger partial charge in [-0.15, -0.1) is 0 Å². The van der Waals surface area contributed by atoms with Gasteiger partial charge in [0.15, 0.2) is 6.61 Å². The van der Waals surface area contributed by atoms with Crippen LogP contribution in [-0.2, 0) is 4.79 Å². The number of anilines is 1. The summed E-state index contributed by atoms with van der Waals surface area (Å²) < 4.78 is 5.52. The van der Waals surface area contributed by atoms with Gasteiger partial charge in [-0.1, -0.05) is 35.9 Å². The summed E-state index contributed by atoms with van der Waals surface area (Å²) in [6, 6.07) is 15.4. The number of para-hydroxylation sites is 2. The number of carbonyl (C=O) groups excluding carboxylic acids is 1. The number of benzene rings is 2. The number of aromatic nitrogens is 1. The van der Waals surface area contributed by atoms with Crippen molar-refractivity contribution >= 4 is 34.1 Å². The molecule has 23 heavy (non-hydrogen) atoms. The highest BCUT2D eigenvalue weighted by Crippen LogP contribution is 2.23. The first-order chi connectivity index (χ1) is 11.1. The lowest BCUT2D eigenvalue weighted by Gasteiger charge is -2.10. The van der Waals surface area contributed by atoms with Crippen LogP contribution in [0.2, 0.25) is 5.02 Å². The number of ether oxygens (including phenoxy) is 1. The summed E-state index contributed by atoms with van der Waals surface area (Å²) in [6.45, 7) is -0.193. The van der Waals surface area contributed by atoms with Crippen molar-refractivity contribution in [2.75, 3.05) is 11.9 Å². The van der Waals surface area contributed by atoms with Gasteiger partial charge in [-0.25, -0.2) is 0 Å². The molecule has 0 atom stereocenters. The third kappa shape index (κ3) is 3.52. The van der Waals surface area contributed by atoms with Crippen LogP contribution in [-0.4, -0.2) is 17.5 Å². The standard InChI is InChI=1S/C17H13ClN2O3/c18-12-5-1-2-6-13(12)19-16(22)10-23-14-7-3-4-11-8-9-15(21)20-17(11)14/h1-9H,10H2,(H,19,22)(H,20,21). The maximum absolute atomic E-state index is 12.0. The van der Waals surface area contributed by atoms with E-state index in [0.29, 0.717) is 22.0 Å². The third-order valence-corrected chi connectivity index (χ3v) is 3.56. The molecule has 0 saturated carbocycles. The van der Waals surface area contributed by atoms with Crippen molar-refractivity contribution < 1.29 is 9.53 Å². The highest BCUT2D eigenvalue weighted by Gasteiger charge is 2.08. The van der Waals surface area contributed by atoms with Gasteiger partial charge in [-0.2, -0.15) is 0 Å². The van der Waals surface area contributed by atoms with Crippen LogP contribution < -0.4 is 15.6 Å². The van der Waals surface area contributed by atoms with Crippen LogP contribution in [0.15, 0.2) is 59.4 Å². The molecule has 0 saturated heterocycles. The van der Waals surface area contributed by atoms with Crippen molar-refractivity contribution in [2.24, 2.45) is 0 Å². The largest absolute Gasteiger partial charge is 0.482 e. The lowest BCUT2D eigenvalue weighted by atomic mass is 10.2. The smallest absolute Gasteiger partial charge is 0.262 e. The molecule has 0 unspecified atom stereocenters. The van der Waals surface area contributed by atoms with Gasteiger partial charge >= 0.3 is 0 Å². The molecule has 0 spiro atoms. The second-order valence-corrected chi connectivity index (χ2v) is 5.27. The summed E-state index contributed by atoms with van der Waals surface area (Å²) in [7, 11) is 0. The van der Waals surface area contributed by atoms with Gasteiger partial charge in [0.1, 0.15) is 5.75 Å². The van der Waals surface area contributed by atoms with Crippen LogP contribution in [0.3, 0.4) is 0 Å². The van der Waals surface area contributed by atoms with Gasteiger partial charge in [0.25, 0.3) is 5.91 Å². The zero-order chi connectivity index (χ0) is 16.2. The molecule has 5 nitrogen and oxygen atoms in total. The van der Waals surface area contributed by atoms with E-state index < -0.39 is 0 Å². The highest BCUT2D eigenvalue weighted by atomic mass is 35.5. The fourth-order valence-electron chi connectivity index (χ4n) is 2.16. The number of hydrogen-bond donors (Lipinski definition) is 2. The van der Waals surface area contributed by atoms with E-state index in [1.54, 1.807) is 42.5 Å². The number of rotatable bonds is 4. The first-order valence-corrected chi connectivity index (χ1v) is 7.30. The Morgan fingerprint density at radius 2 is 1.91 bits per heavy atom. The first-order valence-electron chi connectivity index (χ1n) is 6.93. The first kappa shape index (κ1) is 15.1. The summed E-state index contributed by atoms with van der Waals surface area (Å²) in [6.07, 6.45) is 0. The predicted molar refractivity (Wildman–Crippen MR) is 90.1 cm³/mol. The number of amides is 1. The highest BCUT2D eigenvalue weighted by molar-refractivity contribution is 6.33. The van der Waals surface area contributed by atoms with Crippen LogP contribution in [0, 0.1) is 0 Å². The number of nitrogens with one attached hydrogen (secondary N) is 2. The molecule has 0 aliphatic rings. The quantitative estimate of drug-likeness (QED) is 0.772. The van der Waals surface area contributed by atoms with E-state index in [2.05, 4.69) is 10.3 Å². The number of hydrogen-bond acceptors (Lipinski definition) is 3. The van der Waals surface area contributed by atoms with E-state index in [1.807, 2.05) is 6.07 Å². The van der Waals surface area contributed by atoms with Crippen molar-refractivity contribution in [3.05, 3.63) is 70.0 Å². The van der Waals surface area contributed by atoms with Crippen LogP contribution in [0.5, 0.6) is 5.75 Å². The molecular formula is C17H13ClN2O3. The molecule has 0 fully saturated rings. The van der Waals surface area contributed by atoms with Crippen molar-refractivity contribution in [1.82, 2.24) is 4.98 Å². The minimum Gasteiger partial charge on any atom is -0.482 e. The number of aromatic amines is 1. The molecule has 1 aromatic heterocycles. The summed E-state index contributed by atoms with van der Waals surface area (Å²) >= 11 is 5.99. The Morgan fingerprint density at radius 3 is 2.74 bits per heavy atom. The number of pyridine rings is 1. The van der Waals surface area contributed by atoms with Crippen LogP contribution in [0.25, 0.3) is 10.9 Å². The van der Waals surface area contributed by atoms with Gasteiger partial charge in [0.2, 0.25) is 5.56 Å². The normalized spacial score (nSPS) is 10.5. The fourth-order valence-corrected chi connectivity index (χ4v) is 2.35. The van der Waals surface area contributed by atoms with E-state index in [1.165, 1.54) is 6.07 Å². The molecule has 0 radical (unpaired) electrons. The second kappa shape index (κ2) is 6.54. The number of fused-ring (bicyclic) bond motifs is 1. The molecular weight excluding hydrogens is 316 g/mol. The van der Waals surface area contributed by atoms with Crippen molar-refractivity contribution in [2.45, 2.75) is 0 Å². The Bertz CT molecular complexity index is 921. The average Bonchev–Trinajstić information content (AvgIpc) is 2.55. The van der Waals surface area contributed by atoms with Crippen molar-refractivity contribution in [3.8, 4) is 5.75 Å². The number of H-pyrrole nitrogens is 1. The Kier molecular flexibility index (Phi) is 4.30. The van der Waals surface area contributed by atoms with Gasteiger partial charge in [0, 0.05) is 11.5 Å². The molecule has 6 heteroatoms. The zero-order valence-corrected chi connectivity index (χ0v) is 12.8. The Hall–Kier alpha value is -2.79. The summed E-state index contributed by atoms with van der Waals surface area (Å²) in [5.74, 6) is 0.0999. The molecule has 3 rings (SSSR count). The molecule has 0 aliphatic heterocycles. The Labute approximate surface area is 136 Å². The monoisotopic (exact) mass is 328 g/mol. The average molecular weight is 329 g/mol. The molecule has 2 N–H and O–H groups in total. The zero-order valence-electron chi connectivity index (χ0n) is 12.0. The van der Waals surface area contributed by atoms with Gasteiger partial charge in [-0.05, 0) is 24.3 Å². The van der Waals surface area contributed by atoms with Crippen LogP contribution in [0.1, 0.15) is 0 Å². The molecule has 116 valence electrons. The van der Waals surface area contributed by atoms with Crippen LogP contribution >= 0.6 is 11.6 Å². The molecule has 3 aromatic rings. The predicted octanol–water partition coefficient (Wildman–Crippen LogP) is 3.20. The van der Waals surface area contributed by atoms with Gasteiger partial charge in [-0.3, -0.25) is 9.59 Å². The second-order valence-electron chi connectivity index (χ2n) is 4.86. The molecule has 0 aliphatic carbocycles. The third-order valence-electron chi connectivity index (χ3n) is 3.23. The van der Waals surface area contributed by atoms with E-state index in [4.69, 9.17) is 16.3 Å². The lowest BCUT2D eigenvalue weighted by Crippen LogP contribution is -2.20. The maximum Gasteiger partial charge on any atom is 0.262 e. The van der Waals surface area contributed by atoms with Crippen molar-refractivity contribution in [3.63, 3.8) is 0 Å². The minimum atomic E-state index is -0.339. The summed E-state index contributed by atoms with van der Waals surface area (Å²) in [4.78, 5) is 26.1. The number of carbonyl (C=O) groups is 1. The van der Waals surface area contributed by atoms with E-state index in [0.717, 1.165) is 5.39 Å². The number of halogens is 1. The maximum atomic E-state index is 12.0. The SMILES string of the molecule is O=C(COc1cccc2ccc(=O)[nH]c12)Nc1ccccc1Cl. The van der Waals surface area contributed by atoms with Crippen molar-refractivity contribution in [1.29, 1.82) is 0 Å². The van der Waals surface area contributed by atoms with E-state index in [-0.39, 0.29) is 18.1 Å². The van der Waals surface area contributed by atoms with Gasteiger partial charge in [0.05, 0.1) is 16.2 Å². The minimum absolute atomic E-state index is 0.193. The fraction of sp³-hybridized carbons (Fsp3) is 0.0588. The summed E-state index contributed by atoms with van der Waals surface area (Å²) in [5.41, 5.74) is 0.855. The molecule has 1 heterocycles. The van der Waals surface area contributed by atoms with E-state index >= 15 is 0 Å². The Morgan fingerprint density at radius 1 is 1.09 bits per heavy atom. The van der Waals surface area contributed by atoms with E-state index in [9.17, 15) is 9.59 Å². The lowest BCUT2D eigenvalue weighted by molar-refractivity contribution is -0.118.